The zero-order chi connectivity index (χ0) is 11.2. The minimum absolute atomic E-state index is 0.613. The fraction of sp³-hybridized carbons (Fsp3) is 0.143. The van der Waals surface area contributed by atoms with Crippen LogP contribution < -0.4 is 10.2 Å². The van der Waals surface area contributed by atoms with Crippen molar-refractivity contribution in [2.24, 2.45) is 0 Å². The van der Waals surface area contributed by atoms with Gasteiger partial charge in [0, 0.05) is 11.1 Å². The molecule has 0 bridgehead atoms. The highest BCUT2D eigenvalue weighted by Crippen LogP contribution is 2.36. The lowest BCUT2D eigenvalue weighted by atomic mass is 10.00. The van der Waals surface area contributed by atoms with E-state index in [9.17, 15) is 0 Å². The number of nitrogens with one attached hydrogen (secondary N) is 1. The number of hydrogen-bond donors (Lipinski definition) is 1. The predicted molar refractivity (Wildman–Crippen MR) is 65.5 cm³/mol. The summed E-state index contributed by atoms with van der Waals surface area (Å²) in [5.74, 6) is 0.931. The smallest absolute Gasteiger partial charge is 0.129 e. The number of benzene rings is 2. The van der Waals surface area contributed by atoms with Crippen molar-refractivity contribution in [1.29, 1.82) is 0 Å². The SMILES string of the molecule is c1ccc2cc3c(cc2c1)OCC1=C3NOC1. The first-order valence-electron chi connectivity index (χ1n) is 5.67. The summed E-state index contributed by atoms with van der Waals surface area (Å²) in [5.41, 5.74) is 6.35. The van der Waals surface area contributed by atoms with Crippen LogP contribution in [0.2, 0.25) is 0 Å². The summed E-state index contributed by atoms with van der Waals surface area (Å²) in [6.07, 6.45) is 0. The topological polar surface area (TPSA) is 30.5 Å². The number of fused-ring (bicyclic) bond motifs is 3. The van der Waals surface area contributed by atoms with Crippen molar-refractivity contribution in [3.8, 4) is 5.75 Å². The van der Waals surface area contributed by atoms with Gasteiger partial charge in [-0.1, -0.05) is 24.3 Å². The van der Waals surface area contributed by atoms with Crippen LogP contribution in [0.4, 0.5) is 0 Å². The first-order valence-corrected chi connectivity index (χ1v) is 5.67. The summed E-state index contributed by atoms with van der Waals surface area (Å²) in [4.78, 5) is 5.26. The standard InChI is InChI=1S/C14H11NO2/c1-2-4-10-6-13-12(5-9(10)3-1)14-11(7-16-13)8-17-15-14/h1-6,15H,7-8H2. The van der Waals surface area contributed by atoms with Crippen LogP contribution in [-0.2, 0) is 4.84 Å². The molecule has 2 heterocycles. The van der Waals surface area contributed by atoms with E-state index in [2.05, 4.69) is 29.7 Å². The molecule has 3 nitrogen and oxygen atoms in total. The first kappa shape index (κ1) is 9.07. The second kappa shape index (κ2) is 3.25. The second-order valence-electron chi connectivity index (χ2n) is 4.35. The highest BCUT2D eigenvalue weighted by atomic mass is 16.7. The van der Waals surface area contributed by atoms with Gasteiger partial charge in [-0.15, -0.1) is 0 Å². The average Bonchev–Trinajstić information content (AvgIpc) is 2.85. The van der Waals surface area contributed by atoms with Crippen molar-refractivity contribution in [2.45, 2.75) is 0 Å². The Morgan fingerprint density at radius 2 is 1.82 bits per heavy atom. The number of hydroxylamine groups is 1. The van der Waals surface area contributed by atoms with Crippen molar-refractivity contribution in [3.05, 3.63) is 47.5 Å². The maximum Gasteiger partial charge on any atom is 0.129 e. The van der Waals surface area contributed by atoms with Crippen molar-refractivity contribution < 1.29 is 9.57 Å². The van der Waals surface area contributed by atoms with Crippen molar-refractivity contribution in [1.82, 2.24) is 5.48 Å². The molecule has 2 aromatic carbocycles. The Bertz CT molecular complexity index is 646. The third kappa shape index (κ3) is 1.26. The van der Waals surface area contributed by atoms with E-state index in [-0.39, 0.29) is 0 Å². The number of ether oxygens (including phenoxy) is 1. The van der Waals surface area contributed by atoms with Crippen LogP contribution in [0.3, 0.4) is 0 Å². The molecule has 84 valence electrons. The molecule has 1 N–H and O–H groups in total. The lowest BCUT2D eigenvalue weighted by molar-refractivity contribution is 0.116. The first-order chi connectivity index (χ1) is 8.42. The molecular weight excluding hydrogens is 214 g/mol. The Balaban J connectivity index is 2.01. The monoisotopic (exact) mass is 225 g/mol. The highest BCUT2D eigenvalue weighted by molar-refractivity contribution is 5.90. The van der Waals surface area contributed by atoms with Crippen LogP contribution >= 0.6 is 0 Å². The van der Waals surface area contributed by atoms with Crippen LogP contribution in [0, 0.1) is 0 Å². The third-order valence-corrected chi connectivity index (χ3v) is 3.29. The molecule has 0 atom stereocenters. The van der Waals surface area contributed by atoms with Gasteiger partial charge in [-0.05, 0) is 22.9 Å². The lowest BCUT2D eigenvalue weighted by Gasteiger charge is -2.19. The summed E-state index contributed by atoms with van der Waals surface area (Å²) in [7, 11) is 0. The number of hydrogen-bond acceptors (Lipinski definition) is 3. The minimum atomic E-state index is 0.613. The fourth-order valence-electron chi connectivity index (χ4n) is 2.40. The molecule has 0 aliphatic carbocycles. The largest absolute Gasteiger partial charge is 0.488 e. The van der Waals surface area contributed by atoms with Crippen molar-refractivity contribution in [2.75, 3.05) is 13.2 Å². The quantitative estimate of drug-likeness (QED) is 0.747. The molecule has 17 heavy (non-hydrogen) atoms. The normalized spacial score (nSPS) is 17.4. The van der Waals surface area contributed by atoms with Crippen LogP contribution in [0.1, 0.15) is 5.56 Å². The molecule has 2 aliphatic heterocycles. The van der Waals surface area contributed by atoms with Gasteiger partial charge in [-0.25, -0.2) is 0 Å². The summed E-state index contributed by atoms with van der Waals surface area (Å²) in [6, 6.07) is 12.5. The van der Waals surface area contributed by atoms with Crippen LogP contribution in [0.25, 0.3) is 16.5 Å². The Morgan fingerprint density at radius 3 is 2.71 bits per heavy atom. The lowest BCUT2D eigenvalue weighted by Crippen LogP contribution is -2.12. The summed E-state index contributed by atoms with van der Waals surface area (Å²) < 4.78 is 5.77. The molecule has 0 spiro atoms. The van der Waals surface area contributed by atoms with E-state index in [0.717, 1.165) is 17.0 Å². The van der Waals surface area contributed by atoms with Crippen molar-refractivity contribution in [3.63, 3.8) is 0 Å². The Hall–Kier alpha value is -2.00. The molecule has 0 aromatic heterocycles. The maximum atomic E-state index is 5.77. The molecule has 0 unspecified atom stereocenters. The summed E-state index contributed by atoms with van der Waals surface area (Å²) in [6.45, 7) is 1.23. The van der Waals surface area contributed by atoms with Gasteiger partial charge >= 0.3 is 0 Å². The fourth-order valence-corrected chi connectivity index (χ4v) is 2.40. The van der Waals surface area contributed by atoms with E-state index in [1.165, 1.54) is 16.3 Å². The molecule has 0 saturated heterocycles. The van der Waals surface area contributed by atoms with Gasteiger partial charge in [0.05, 0.1) is 5.70 Å². The maximum absolute atomic E-state index is 5.77. The van der Waals surface area contributed by atoms with E-state index in [1.54, 1.807) is 0 Å². The second-order valence-corrected chi connectivity index (χ2v) is 4.35. The molecule has 3 heteroatoms. The Kier molecular flexibility index (Phi) is 1.73. The van der Waals surface area contributed by atoms with Crippen LogP contribution in [-0.4, -0.2) is 13.2 Å². The van der Waals surface area contributed by atoms with Gasteiger partial charge in [0.15, 0.2) is 0 Å². The minimum Gasteiger partial charge on any atom is -0.488 e. The average molecular weight is 225 g/mol. The molecule has 0 radical (unpaired) electrons. The molecular formula is C14H11NO2. The van der Waals surface area contributed by atoms with E-state index >= 15 is 0 Å². The van der Waals surface area contributed by atoms with Crippen molar-refractivity contribution >= 4 is 16.5 Å². The zero-order valence-corrected chi connectivity index (χ0v) is 9.19. The highest BCUT2D eigenvalue weighted by Gasteiger charge is 2.25. The van der Waals surface area contributed by atoms with Gasteiger partial charge in [-0.3, -0.25) is 10.3 Å². The predicted octanol–water partition coefficient (Wildman–Crippen LogP) is 2.48. The molecule has 2 aromatic rings. The summed E-state index contributed by atoms with van der Waals surface area (Å²) in [5, 5.41) is 2.42. The van der Waals surface area contributed by atoms with E-state index in [1.807, 2.05) is 12.1 Å². The summed E-state index contributed by atoms with van der Waals surface area (Å²) >= 11 is 0. The van der Waals surface area contributed by atoms with Gasteiger partial charge < -0.3 is 4.74 Å². The van der Waals surface area contributed by atoms with E-state index in [4.69, 9.17) is 9.57 Å². The van der Waals surface area contributed by atoms with Gasteiger partial charge in [-0.2, -0.15) is 0 Å². The molecule has 0 saturated carbocycles. The van der Waals surface area contributed by atoms with Gasteiger partial charge in [0.1, 0.15) is 19.0 Å². The Labute approximate surface area is 98.6 Å². The van der Waals surface area contributed by atoms with Crippen LogP contribution in [0.15, 0.2) is 42.0 Å². The molecule has 4 rings (SSSR count). The van der Waals surface area contributed by atoms with Gasteiger partial charge in [0.25, 0.3) is 0 Å². The Morgan fingerprint density at radius 1 is 1.00 bits per heavy atom. The van der Waals surface area contributed by atoms with E-state index < -0.39 is 0 Å². The zero-order valence-electron chi connectivity index (χ0n) is 9.19. The molecule has 0 fully saturated rings. The molecule has 0 amide bonds. The molecule has 2 aliphatic rings. The third-order valence-electron chi connectivity index (χ3n) is 3.29. The van der Waals surface area contributed by atoms with Crippen LogP contribution in [0.5, 0.6) is 5.75 Å². The van der Waals surface area contributed by atoms with E-state index in [0.29, 0.717) is 13.2 Å². The number of rotatable bonds is 0. The van der Waals surface area contributed by atoms with Gasteiger partial charge in [0.2, 0.25) is 0 Å².